The molecule has 1 amide bonds. The Hall–Kier alpha value is -2.77. The van der Waals surface area contributed by atoms with Crippen LogP contribution in [0.2, 0.25) is 0 Å². The van der Waals surface area contributed by atoms with Crippen molar-refractivity contribution in [2.45, 2.75) is 26.7 Å². The van der Waals surface area contributed by atoms with Gasteiger partial charge in [0.2, 0.25) is 0 Å². The fourth-order valence-corrected chi connectivity index (χ4v) is 2.09. The molecule has 8 heteroatoms. The number of nitro benzene ring substituents is 1. The number of Topliss-reactive ketones (excluding diaryl/α,β-unsaturated/α-hetero) is 1. The van der Waals surface area contributed by atoms with Crippen molar-refractivity contribution in [3.8, 4) is 0 Å². The van der Waals surface area contributed by atoms with Gasteiger partial charge in [-0.05, 0) is 25.0 Å². The van der Waals surface area contributed by atoms with Gasteiger partial charge in [0.15, 0.2) is 5.78 Å². The summed E-state index contributed by atoms with van der Waals surface area (Å²) in [4.78, 5) is 46.6. The minimum absolute atomic E-state index is 0.0732. The monoisotopic (exact) mass is 322 g/mol. The van der Waals surface area contributed by atoms with E-state index in [4.69, 9.17) is 0 Å². The number of nitro groups is 1. The smallest absolute Gasteiger partial charge is 0.397 e. The predicted molar refractivity (Wildman–Crippen MR) is 82.5 cm³/mol. The largest absolute Gasteiger partial charge is 0.462 e. The van der Waals surface area contributed by atoms with E-state index in [-0.39, 0.29) is 23.5 Å². The number of hydrogen-bond donors (Lipinski definition) is 0. The van der Waals surface area contributed by atoms with Crippen LogP contribution in [-0.4, -0.2) is 36.7 Å². The molecule has 0 heterocycles. The Morgan fingerprint density at radius 3 is 2.39 bits per heavy atom. The maximum Gasteiger partial charge on any atom is 0.397 e. The minimum Gasteiger partial charge on any atom is -0.462 e. The van der Waals surface area contributed by atoms with Crippen LogP contribution in [0.5, 0.6) is 0 Å². The standard InChI is InChI=1S/C15H18N2O6/c1-5-6-13(18)10-8-12(17(21)22)11(7-9(10)2)16(3)14(19)15(20)23-4/h7-8H,5-6H2,1-4H3. The van der Waals surface area contributed by atoms with Crippen molar-refractivity contribution < 1.29 is 24.0 Å². The molecule has 8 nitrogen and oxygen atoms in total. The minimum atomic E-state index is -1.13. The van der Waals surface area contributed by atoms with E-state index in [0.29, 0.717) is 12.0 Å². The van der Waals surface area contributed by atoms with E-state index in [1.807, 2.05) is 6.92 Å². The first kappa shape index (κ1) is 18.3. The maximum atomic E-state index is 12.0. The van der Waals surface area contributed by atoms with Crippen LogP contribution in [0.15, 0.2) is 12.1 Å². The second-order valence-corrected chi connectivity index (χ2v) is 4.94. The highest BCUT2D eigenvalue weighted by Crippen LogP contribution is 2.31. The molecular formula is C15H18N2O6. The Kier molecular flexibility index (Phi) is 5.94. The Labute approximate surface area is 133 Å². The van der Waals surface area contributed by atoms with Crippen molar-refractivity contribution in [3.63, 3.8) is 0 Å². The Bertz CT molecular complexity index is 668. The Morgan fingerprint density at radius 2 is 1.91 bits per heavy atom. The molecule has 0 aromatic heterocycles. The van der Waals surface area contributed by atoms with E-state index in [0.717, 1.165) is 18.1 Å². The first-order valence-corrected chi connectivity index (χ1v) is 6.92. The lowest BCUT2D eigenvalue weighted by Gasteiger charge is -2.17. The summed E-state index contributed by atoms with van der Waals surface area (Å²) in [7, 11) is 2.27. The molecule has 0 bridgehead atoms. The van der Waals surface area contributed by atoms with Gasteiger partial charge in [0, 0.05) is 25.1 Å². The predicted octanol–water partition coefficient (Wildman–Crippen LogP) is 2.02. The summed E-state index contributed by atoms with van der Waals surface area (Å²) in [5.41, 5.74) is 0.237. The number of carbonyl (C=O) groups excluding carboxylic acids is 3. The van der Waals surface area contributed by atoms with E-state index in [2.05, 4.69) is 4.74 Å². The molecule has 0 radical (unpaired) electrons. The van der Waals surface area contributed by atoms with Crippen molar-refractivity contribution in [2.75, 3.05) is 19.1 Å². The second kappa shape index (κ2) is 7.48. The third kappa shape index (κ3) is 3.91. The third-order valence-corrected chi connectivity index (χ3v) is 3.32. The summed E-state index contributed by atoms with van der Waals surface area (Å²) < 4.78 is 4.33. The molecule has 0 N–H and O–H groups in total. The van der Waals surface area contributed by atoms with Crippen LogP contribution in [0.25, 0.3) is 0 Å². The number of ether oxygens (including phenoxy) is 1. The summed E-state index contributed by atoms with van der Waals surface area (Å²) in [6.07, 6.45) is 0.892. The molecule has 23 heavy (non-hydrogen) atoms. The van der Waals surface area contributed by atoms with Gasteiger partial charge in [0.1, 0.15) is 5.69 Å². The number of methoxy groups -OCH3 is 1. The zero-order valence-electron chi connectivity index (χ0n) is 13.4. The summed E-state index contributed by atoms with van der Waals surface area (Å²) in [6.45, 7) is 3.45. The number of rotatable bonds is 5. The van der Waals surface area contributed by atoms with Crippen LogP contribution in [0.1, 0.15) is 35.7 Å². The van der Waals surface area contributed by atoms with Gasteiger partial charge in [0.05, 0.1) is 12.0 Å². The van der Waals surface area contributed by atoms with Gasteiger partial charge in [-0.1, -0.05) is 6.92 Å². The van der Waals surface area contributed by atoms with Crippen LogP contribution < -0.4 is 4.90 Å². The van der Waals surface area contributed by atoms with Gasteiger partial charge in [-0.3, -0.25) is 24.6 Å². The van der Waals surface area contributed by atoms with Crippen molar-refractivity contribution in [3.05, 3.63) is 33.4 Å². The third-order valence-electron chi connectivity index (χ3n) is 3.32. The molecule has 0 aliphatic heterocycles. The highest BCUT2D eigenvalue weighted by molar-refractivity contribution is 6.38. The quantitative estimate of drug-likeness (QED) is 0.270. The number of ketones is 1. The number of hydrogen-bond acceptors (Lipinski definition) is 6. The van der Waals surface area contributed by atoms with Gasteiger partial charge >= 0.3 is 11.9 Å². The summed E-state index contributed by atoms with van der Waals surface area (Å²) in [5, 5.41) is 11.3. The first-order chi connectivity index (χ1) is 10.7. The number of likely N-dealkylation sites (N-methyl/N-ethyl adjacent to an activating group) is 1. The fourth-order valence-electron chi connectivity index (χ4n) is 2.09. The molecule has 1 aromatic rings. The number of benzene rings is 1. The van der Waals surface area contributed by atoms with E-state index in [9.17, 15) is 24.5 Å². The average molecular weight is 322 g/mol. The van der Waals surface area contributed by atoms with Gasteiger partial charge in [0.25, 0.3) is 5.69 Å². The highest BCUT2D eigenvalue weighted by Gasteiger charge is 2.28. The van der Waals surface area contributed by atoms with Crippen LogP contribution in [0, 0.1) is 17.0 Å². The molecule has 1 rings (SSSR count). The van der Waals surface area contributed by atoms with Gasteiger partial charge < -0.3 is 4.74 Å². The van der Waals surface area contributed by atoms with Crippen molar-refractivity contribution in [1.29, 1.82) is 0 Å². The maximum absolute atomic E-state index is 12.0. The molecule has 124 valence electrons. The first-order valence-electron chi connectivity index (χ1n) is 6.92. The second-order valence-electron chi connectivity index (χ2n) is 4.94. The number of carbonyl (C=O) groups is 3. The topological polar surface area (TPSA) is 107 Å². The summed E-state index contributed by atoms with van der Waals surface area (Å²) >= 11 is 0. The number of anilines is 1. The van der Waals surface area contributed by atoms with E-state index in [1.165, 1.54) is 13.1 Å². The average Bonchev–Trinajstić information content (AvgIpc) is 2.52. The van der Waals surface area contributed by atoms with Crippen LogP contribution in [-0.2, 0) is 14.3 Å². The van der Waals surface area contributed by atoms with Gasteiger partial charge in [-0.25, -0.2) is 4.79 Å². The van der Waals surface area contributed by atoms with Crippen molar-refractivity contribution in [1.82, 2.24) is 0 Å². The number of nitrogens with zero attached hydrogens (tertiary/aromatic N) is 2. The Morgan fingerprint density at radius 1 is 1.30 bits per heavy atom. The lowest BCUT2D eigenvalue weighted by atomic mass is 9.99. The normalized spacial score (nSPS) is 10.1. The fraction of sp³-hybridized carbons (Fsp3) is 0.400. The summed E-state index contributed by atoms with van der Waals surface area (Å²) in [5.74, 6) is -2.38. The summed E-state index contributed by atoms with van der Waals surface area (Å²) in [6, 6.07) is 2.49. The molecule has 0 saturated carbocycles. The molecular weight excluding hydrogens is 304 g/mol. The molecule has 0 spiro atoms. The van der Waals surface area contributed by atoms with Gasteiger partial charge in [-0.2, -0.15) is 0 Å². The number of amides is 1. The van der Waals surface area contributed by atoms with Gasteiger partial charge in [-0.15, -0.1) is 0 Å². The molecule has 0 atom stereocenters. The van der Waals surface area contributed by atoms with Crippen LogP contribution >= 0.6 is 0 Å². The molecule has 0 fully saturated rings. The van der Waals surface area contributed by atoms with E-state index >= 15 is 0 Å². The van der Waals surface area contributed by atoms with Crippen LogP contribution in [0.4, 0.5) is 11.4 Å². The molecule has 0 aliphatic carbocycles. The van der Waals surface area contributed by atoms with Crippen molar-refractivity contribution in [2.24, 2.45) is 0 Å². The molecule has 1 aromatic carbocycles. The van der Waals surface area contributed by atoms with E-state index < -0.39 is 22.5 Å². The lowest BCUT2D eigenvalue weighted by Crippen LogP contribution is -2.34. The Balaban J connectivity index is 3.41. The van der Waals surface area contributed by atoms with Crippen molar-refractivity contribution >= 4 is 29.0 Å². The van der Waals surface area contributed by atoms with E-state index in [1.54, 1.807) is 6.92 Å². The zero-order valence-corrected chi connectivity index (χ0v) is 13.4. The molecule has 0 unspecified atom stereocenters. The number of esters is 1. The number of aryl methyl sites for hydroxylation is 1. The SMILES string of the molecule is CCCC(=O)c1cc([N+](=O)[O-])c(N(C)C(=O)C(=O)OC)cc1C. The van der Waals surface area contributed by atoms with Crippen LogP contribution in [0.3, 0.4) is 0 Å². The highest BCUT2D eigenvalue weighted by atomic mass is 16.6. The molecule has 0 aliphatic rings. The lowest BCUT2D eigenvalue weighted by molar-refractivity contribution is -0.384. The zero-order chi connectivity index (χ0) is 17.7. The molecule has 0 saturated heterocycles.